The zero-order valence-corrected chi connectivity index (χ0v) is 21.5. The van der Waals surface area contributed by atoms with Crippen molar-refractivity contribution in [1.82, 2.24) is 4.90 Å². The number of unbranched alkanes of at least 4 members (excludes halogenated alkanes) is 2. The molecule has 0 radical (unpaired) electrons. The molecule has 1 amide bonds. The molecule has 0 spiro atoms. The van der Waals surface area contributed by atoms with Gasteiger partial charge in [0, 0.05) is 37.6 Å². The summed E-state index contributed by atoms with van der Waals surface area (Å²) in [6.07, 6.45) is -6.34. The van der Waals surface area contributed by atoms with Crippen LogP contribution in [0.2, 0.25) is 0 Å². The number of carbonyl (C=O) groups excluding carboxylic acids is 1. The van der Waals surface area contributed by atoms with Crippen LogP contribution < -0.4 is 4.74 Å². The molecule has 1 unspecified atom stereocenters. The van der Waals surface area contributed by atoms with Crippen molar-refractivity contribution < 1.29 is 50.9 Å². The van der Waals surface area contributed by atoms with Gasteiger partial charge < -0.3 is 24.2 Å². The minimum atomic E-state index is -4.25. The fourth-order valence-corrected chi connectivity index (χ4v) is 3.60. The molecular formula is C27H32F5NO6. The summed E-state index contributed by atoms with van der Waals surface area (Å²) < 4.78 is 80.1. The van der Waals surface area contributed by atoms with Crippen molar-refractivity contribution >= 4 is 12.1 Å². The van der Waals surface area contributed by atoms with E-state index in [1.54, 1.807) is 31.2 Å². The molecule has 2 rings (SSSR count). The Kier molecular flexibility index (Phi) is 12.9. The third-order valence-corrected chi connectivity index (χ3v) is 5.63. The van der Waals surface area contributed by atoms with E-state index in [2.05, 4.69) is 0 Å². The first-order valence-corrected chi connectivity index (χ1v) is 12.5. The van der Waals surface area contributed by atoms with Crippen LogP contribution in [-0.4, -0.2) is 60.7 Å². The molecule has 12 heteroatoms. The zero-order valence-electron chi connectivity index (χ0n) is 21.5. The van der Waals surface area contributed by atoms with Gasteiger partial charge in [0.05, 0.1) is 6.54 Å². The van der Waals surface area contributed by atoms with E-state index >= 15 is 0 Å². The molecule has 216 valence electrons. The fourth-order valence-electron chi connectivity index (χ4n) is 3.60. The molecule has 0 aliphatic heterocycles. The first-order valence-electron chi connectivity index (χ1n) is 12.5. The van der Waals surface area contributed by atoms with Crippen molar-refractivity contribution in [2.75, 3.05) is 26.3 Å². The summed E-state index contributed by atoms with van der Waals surface area (Å²) in [5.41, 5.74) is 0.695. The lowest BCUT2D eigenvalue weighted by atomic mass is 10.1. The molecule has 0 aromatic heterocycles. The third-order valence-electron chi connectivity index (χ3n) is 5.63. The van der Waals surface area contributed by atoms with Crippen LogP contribution in [-0.2, 0) is 27.3 Å². The van der Waals surface area contributed by atoms with Gasteiger partial charge in [0.25, 0.3) is 0 Å². The van der Waals surface area contributed by atoms with E-state index in [0.29, 0.717) is 11.8 Å². The van der Waals surface area contributed by atoms with Crippen molar-refractivity contribution in [3.05, 3.63) is 65.2 Å². The Morgan fingerprint density at radius 2 is 1.72 bits per heavy atom. The summed E-state index contributed by atoms with van der Waals surface area (Å²) in [6.45, 7) is 1.68. The largest absolute Gasteiger partial charge is 0.492 e. The van der Waals surface area contributed by atoms with E-state index < -0.39 is 49.0 Å². The summed E-state index contributed by atoms with van der Waals surface area (Å²) in [7, 11) is 0. The van der Waals surface area contributed by atoms with Crippen LogP contribution >= 0.6 is 0 Å². The summed E-state index contributed by atoms with van der Waals surface area (Å²) in [5, 5.41) is 9.21. The highest BCUT2D eigenvalue weighted by atomic mass is 19.4. The number of halogens is 5. The lowest BCUT2D eigenvalue weighted by molar-refractivity contribution is -0.150. The number of hydrogen-bond acceptors (Lipinski definition) is 5. The lowest BCUT2D eigenvalue weighted by Crippen LogP contribution is -2.36. The number of carboxylic acids is 1. The average molecular weight is 562 g/mol. The van der Waals surface area contributed by atoms with Crippen molar-refractivity contribution in [3.63, 3.8) is 0 Å². The number of amides is 1. The Morgan fingerprint density at radius 1 is 1.00 bits per heavy atom. The first kappa shape index (κ1) is 31.8. The monoisotopic (exact) mass is 561 g/mol. The van der Waals surface area contributed by atoms with Gasteiger partial charge in [0.2, 0.25) is 0 Å². The maximum absolute atomic E-state index is 13.9. The van der Waals surface area contributed by atoms with Crippen LogP contribution in [0, 0.1) is 11.6 Å². The fraction of sp³-hybridized carbons (Fsp3) is 0.481. The van der Waals surface area contributed by atoms with Crippen LogP contribution in [0.15, 0.2) is 42.5 Å². The Labute approximate surface area is 223 Å². The number of carbonyl (C=O) groups is 2. The number of ether oxygens (including phenoxy) is 3. The van der Waals surface area contributed by atoms with E-state index in [-0.39, 0.29) is 57.6 Å². The summed E-state index contributed by atoms with van der Waals surface area (Å²) >= 11 is 0. The van der Waals surface area contributed by atoms with Crippen LogP contribution in [0.5, 0.6) is 5.75 Å². The highest BCUT2D eigenvalue weighted by Crippen LogP contribution is 2.23. The molecule has 0 aliphatic carbocycles. The summed E-state index contributed by atoms with van der Waals surface area (Å²) in [6, 6.07) is 9.50. The molecule has 1 N–H and O–H groups in total. The van der Waals surface area contributed by atoms with E-state index in [4.69, 9.17) is 14.2 Å². The molecule has 0 saturated carbocycles. The molecule has 0 fully saturated rings. The first-order chi connectivity index (χ1) is 18.5. The average Bonchev–Trinajstić information content (AvgIpc) is 2.86. The van der Waals surface area contributed by atoms with Gasteiger partial charge in [0.15, 0.2) is 6.10 Å². The molecule has 0 heterocycles. The topological polar surface area (TPSA) is 85.3 Å². The lowest BCUT2D eigenvalue weighted by Gasteiger charge is -2.22. The quantitative estimate of drug-likeness (QED) is 0.196. The summed E-state index contributed by atoms with van der Waals surface area (Å²) in [5.74, 6) is -2.26. The molecule has 2 aromatic carbocycles. The third kappa shape index (κ3) is 12.3. The van der Waals surface area contributed by atoms with Crippen molar-refractivity contribution in [2.45, 2.75) is 57.9 Å². The number of aliphatic carboxylic acids is 1. The van der Waals surface area contributed by atoms with Crippen LogP contribution in [0.25, 0.3) is 0 Å². The Hall–Kier alpha value is -3.41. The van der Waals surface area contributed by atoms with E-state index in [1.165, 1.54) is 4.90 Å². The normalized spacial score (nSPS) is 12.2. The van der Waals surface area contributed by atoms with Crippen molar-refractivity contribution in [1.29, 1.82) is 0 Å². The number of rotatable bonds is 16. The van der Waals surface area contributed by atoms with Gasteiger partial charge in [-0.2, -0.15) is 13.2 Å². The van der Waals surface area contributed by atoms with Crippen molar-refractivity contribution in [2.24, 2.45) is 0 Å². The molecule has 7 nitrogen and oxygen atoms in total. The standard InChI is InChI=1S/C27H32F5NO6/c1-2-37-24(25(34)35)16-19-6-10-22(11-7-19)38-15-14-33(13-5-3-4-12-27(30,31)32)26(36)39-18-20-8-9-21(28)17-23(20)29/h6-11,17,24H,2-5,12-16,18H2,1H3,(H,34,35). The highest BCUT2D eigenvalue weighted by Gasteiger charge is 2.26. The maximum atomic E-state index is 13.9. The van der Waals surface area contributed by atoms with Crippen molar-refractivity contribution in [3.8, 4) is 5.75 Å². The molecule has 1 atom stereocenters. The van der Waals surface area contributed by atoms with E-state index in [1.807, 2.05) is 0 Å². The smallest absolute Gasteiger partial charge is 0.410 e. The number of benzene rings is 2. The Bertz CT molecular complexity index is 1050. The van der Waals surface area contributed by atoms with Crippen LogP contribution in [0.3, 0.4) is 0 Å². The second kappa shape index (κ2) is 15.9. The van der Waals surface area contributed by atoms with Gasteiger partial charge in [0.1, 0.15) is 30.6 Å². The van der Waals surface area contributed by atoms with Crippen LogP contribution in [0.4, 0.5) is 26.7 Å². The van der Waals surface area contributed by atoms with Gasteiger partial charge in [-0.15, -0.1) is 0 Å². The second-order valence-corrected chi connectivity index (χ2v) is 8.68. The summed E-state index contributed by atoms with van der Waals surface area (Å²) in [4.78, 5) is 25.1. The van der Waals surface area contributed by atoms with Gasteiger partial charge in [-0.1, -0.05) is 18.6 Å². The minimum absolute atomic E-state index is 0.0264. The Morgan fingerprint density at radius 3 is 2.33 bits per heavy atom. The number of nitrogens with zero attached hydrogens (tertiary/aromatic N) is 1. The molecule has 0 aliphatic rings. The SMILES string of the molecule is CCOC(Cc1ccc(OCCN(CCCCCC(F)(F)F)C(=O)OCc2ccc(F)cc2F)cc1)C(=O)O. The zero-order chi connectivity index (χ0) is 28.8. The van der Waals surface area contributed by atoms with Crippen LogP contribution in [0.1, 0.15) is 43.7 Å². The van der Waals surface area contributed by atoms with E-state index in [9.17, 15) is 36.6 Å². The number of carboxylic acid groups (broad SMARTS) is 1. The molecule has 0 bridgehead atoms. The molecular weight excluding hydrogens is 529 g/mol. The molecule has 39 heavy (non-hydrogen) atoms. The number of hydrogen-bond donors (Lipinski definition) is 1. The number of alkyl halides is 3. The highest BCUT2D eigenvalue weighted by molar-refractivity contribution is 5.72. The predicted molar refractivity (Wildman–Crippen MR) is 131 cm³/mol. The second-order valence-electron chi connectivity index (χ2n) is 8.68. The molecule has 2 aromatic rings. The van der Waals surface area contributed by atoms with E-state index in [0.717, 1.165) is 17.7 Å². The minimum Gasteiger partial charge on any atom is -0.492 e. The van der Waals surface area contributed by atoms with Gasteiger partial charge in [-0.25, -0.2) is 18.4 Å². The van der Waals surface area contributed by atoms with Gasteiger partial charge >= 0.3 is 18.2 Å². The predicted octanol–water partition coefficient (Wildman–Crippen LogP) is 6.14. The maximum Gasteiger partial charge on any atom is 0.410 e. The van der Waals surface area contributed by atoms with Gasteiger partial charge in [-0.05, 0) is 49.6 Å². The molecule has 0 saturated heterocycles. The Balaban J connectivity index is 1.91. The van der Waals surface area contributed by atoms with Gasteiger partial charge in [-0.3, -0.25) is 0 Å².